The van der Waals surface area contributed by atoms with Crippen LogP contribution in [-0.4, -0.2) is 37.7 Å². The van der Waals surface area contributed by atoms with E-state index in [1.54, 1.807) is 0 Å². The Morgan fingerprint density at radius 1 is 1.26 bits per heavy atom. The summed E-state index contributed by atoms with van der Waals surface area (Å²) in [5.74, 6) is -1.40. The van der Waals surface area contributed by atoms with E-state index < -0.39 is 50.7 Å². The number of benzene rings is 1. The first-order chi connectivity index (χ1) is 14.5. The highest BCUT2D eigenvalue weighted by Crippen LogP contribution is 2.79. The molecule has 0 bridgehead atoms. The van der Waals surface area contributed by atoms with Gasteiger partial charge in [-0.2, -0.15) is 0 Å². The molecule has 2 atom stereocenters. The molecule has 31 heavy (non-hydrogen) atoms. The smallest absolute Gasteiger partial charge is 0.434 e. The first-order valence-corrected chi connectivity index (χ1v) is 11.9. The monoisotopic (exact) mass is 477 g/mol. The summed E-state index contributed by atoms with van der Waals surface area (Å²) >= 11 is 0. The number of aromatic nitrogens is 1. The maximum absolute atomic E-state index is 13.7. The second-order valence-corrected chi connectivity index (χ2v) is 10.7. The van der Waals surface area contributed by atoms with Gasteiger partial charge in [-0.1, -0.05) is 6.07 Å². The van der Waals surface area contributed by atoms with Crippen molar-refractivity contribution >= 4 is 21.3 Å². The lowest BCUT2D eigenvalue weighted by atomic mass is 10.2. The van der Waals surface area contributed by atoms with Crippen LogP contribution in [-0.2, 0) is 29.3 Å². The largest absolute Gasteiger partial charge is 0.513 e. The van der Waals surface area contributed by atoms with E-state index in [9.17, 15) is 33.2 Å². The molecule has 0 amide bonds. The van der Waals surface area contributed by atoms with Gasteiger partial charge in [0.15, 0.2) is 0 Å². The van der Waals surface area contributed by atoms with Crippen molar-refractivity contribution in [1.29, 1.82) is 0 Å². The number of pyridine rings is 1. The fourth-order valence-electron chi connectivity index (χ4n) is 2.73. The van der Waals surface area contributed by atoms with E-state index in [4.69, 9.17) is 13.8 Å². The molecule has 2 heterocycles. The zero-order chi connectivity index (χ0) is 22.9. The molecule has 1 aromatic heterocycles. The van der Waals surface area contributed by atoms with Gasteiger partial charge in [-0.3, -0.25) is 23.2 Å². The van der Waals surface area contributed by atoms with E-state index in [1.165, 1.54) is 31.5 Å². The van der Waals surface area contributed by atoms with Crippen LogP contribution in [0.1, 0.15) is 24.3 Å². The molecule has 0 aliphatic carbocycles. The van der Waals surface area contributed by atoms with Crippen LogP contribution in [0.3, 0.4) is 0 Å². The molecule has 0 spiro atoms. The van der Waals surface area contributed by atoms with E-state index in [1.807, 2.05) is 0 Å². The SMILES string of the molecule is CCOC(=O)Oc1cc(F)ccc1C1OP(=O)(O)C(O)(Cc2cccnc2)P(=O)(O)O1. The van der Waals surface area contributed by atoms with E-state index in [-0.39, 0.29) is 17.7 Å². The lowest BCUT2D eigenvalue weighted by Crippen LogP contribution is -2.38. The number of halogens is 1. The number of rotatable bonds is 5. The number of aliphatic hydroxyl groups is 1. The third-order valence-electron chi connectivity index (χ3n) is 4.23. The van der Waals surface area contributed by atoms with Crippen LogP contribution < -0.4 is 4.74 Å². The summed E-state index contributed by atoms with van der Waals surface area (Å²) in [7, 11) is -10.5. The second-order valence-electron chi connectivity index (χ2n) is 6.36. The first kappa shape index (κ1) is 23.5. The van der Waals surface area contributed by atoms with Gasteiger partial charge in [-0.15, -0.1) is 0 Å². The van der Waals surface area contributed by atoms with Gasteiger partial charge in [0, 0.05) is 24.9 Å². The van der Waals surface area contributed by atoms with E-state index in [0.717, 1.165) is 18.2 Å². The van der Waals surface area contributed by atoms with Crippen molar-refractivity contribution in [2.24, 2.45) is 0 Å². The summed E-state index contributed by atoms with van der Waals surface area (Å²) in [6.45, 7) is 1.44. The molecule has 1 aromatic carbocycles. The highest BCUT2D eigenvalue weighted by Gasteiger charge is 2.67. The second kappa shape index (κ2) is 8.76. The maximum Gasteiger partial charge on any atom is 0.513 e. The highest BCUT2D eigenvalue weighted by molar-refractivity contribution is 7.73. The predicted molar refractivity (Wildman–Crippen MR) is 102 cm³/mol. The standard InChI is InChI=1S/C17H18FNO10P2/c1-2-26-16(20)27-14-8-12(18)5-6-13(14)15-28-30(22,23)17(21,31(24,25)29-15)9-11-4-3-7-19-10-11/h3-8,10,15,21H,2,9H2,1H3,(H,22,23)(H,24,25). The molecule has 1 saturated heterocycles. The lowest BCUT2D eigenvalue weighted by molar-refractivity contribution is -0.0588. The Hall–Kier alpha value is -2.17. The van der Waals surface area contributed by atoms with Crippen LogP contribution in [0.15, 0.2) is 42.7 Å². The van der Waals surface area contributed by atoms with Gasteiger partial charge in [-0.25, -0.2) is 9.18 Å². The molecule has 0 radical (unpaired) electrons. The van der Waals surface area contributed by atoms with E-state index >= 15 is 0 Å². The normalized spacial score (nSPS) is 30.5. The van der Waals surface area contributed by atoms with Crippen LogP contribution in [0, 0.1) is 5.82 Å². The molecule has 2 aromatic rings. The third-order valence-corrected chi connectivity index (χ3v) is 8.83. The Morgan fingerprint density at radius 3 is 2.52 bits per heavy atom. The zero-order valence-corrected chi connectivity index (χ0v) is 17.7. The molecule has 3 rings (SSSR count). The Balaban J connectivity index is 1.97. The van der Waals surface area contributed by atoms with E-state index in [2.05, 4.69) is 9.72 Å². The highest BCUT2D eigenvalue weighted by atomic mass is 31.2. The quantitative estimate of drug-likeness (QED) is 0.330. The van der Waals surface area contributed by atoms with Crippen molar-refractivity contribution in [1.82, 2.24) is 4.98 Å². The molecule has 168 valence electrons. The van der Waals surface area contributed by atoms with Crippen molar-refractivity contribution < 1.29 is 51.7 Å². The van der Waals surface area contributed by atoms with E-state index in [0.29, 0.717) is 0 Å². The van der Waals surface area contributed by atoms with Crippen LogP contribution >= 0.6 is 15.2 Å². The van der Waals surface area contributed by atoms with Crippen LogP contribution in [0.25, 0.3) is 0 Å². The van der Waals surface area contributed by atoms with Gasteiger partial charge < -0.3 is 24.4 Å². The molecule has 0 saturated carbocycles. The molecule has 1 fully saturated rings. The fraction of sp³-hybridized carbons (Fsp3) is 0.294. The summed E-state index contributed by atoms with van der Waals surface area (Å²) in [6, 6.07) is 5.41. The molecular weight excluding hydrogens is 459 g/mol. The molecule has 11 nitrogen and oxygen atoms in total. The van der Waals surface area contributed by atoms with Gasteiger partial charge >= 0.3 is 21.3 Å². The first-order valence-electron chi connectivity index (χ1n) is 8.77. The van der Waals surface area contributed by atoms with Gasteiger partial charge in [0.25, 0.3) is 5.08 Å². The Bertz CT molecular complexity index is 1040. The summed E-state index contributed by atoms with van der Waals surface area (Å²) in [4.78, 5) is 36.1. The third kappa shape index (κ3) is 4.70. The number of carbonyl (C=O) groups excluding carboxylic acids is 1. The van der Waals surface area contributed by atoms with Crippen molar-refractivity contribution in [2.75, 3.05) is 6.61 Å². The van der Waals surface area contributed by atoms with Crippen molar-refractivity contribution in [3.05, 3.63) is 59.7 Å². The van der Waals surface area contributed by atoms with Crippen LogP contribution in [0.2, 0.25) is 0 Å². The average molecular weight is 477 g/mol. The van der Waals surface area contributed by atoms with Gasteiger partial charge in [0.2, 0.25) is 6.29 Å². The molecule has 3 N–H and O–H groups in total. The number of hydrogen-bond acceptors (Lipinski definition) is 9. The van der Waals surface area contributed by atoms with Gasteiger partial charge in [0.1, 0.15) is 11.6 Å². The van der Waals surface area contributed by atoms with Crippen molar-refractivity contribution in [2.45, 2.75) is 24.7 Å². The fourth-order valence-corrected chi connectivity index (χ4v) is 6.29. The minimum absolute atomic E-state index is 0.0566. The topological polar surface area (TPSA) is 162 Å². The number of hydrogen-bond donors (Lipinski definition) is 3. The van der Waals surface area contributed by atoms with Crippen LogP contribution in [0.4, 0.5) is 9.18 Å². The Kier molecular flexibility index (Phi) is 6.64. The van der Waals surface area contributed by atoms with Crippen molar-refractivity contribution in [3.63, 3.8) is 0 Å². The number of nitrogens with zero attached hydrogens (tertiary/aromatic N) is 1. The molecule has 2 unspecified atom stereocenters. The number of carbonyl (C=O) groups is 1. The summed E-state index contributed by atoms with van der Waals surface area (Å²) in [6.07, 6.45) is -1.45. The number of ether oxygens (including phenoxy) is 2. The Morgan fingerprint density at radius 2 is 1.94 bits per heavy atom. The molecule has 14 heteroatoms. The average Bonchev–Trinajstić information content (AvgIpc) is 2.67. The maximum atomic E-state index is 13.7. The predicted octanol–water partition coefficient (Wildman–Crippen LogP) is 3.06. The van der Waals surface area contributed by atoms with Crippen molar-refractivity contribution in [3.8, 4) is 5.75 Å². The minimum atomic E-state index is -5.27. The van der Waals surface area contributed by atoms with Crippen LogP contribution in [0.5, 0.6) is 5.75 Å². The molecule has 1 aliphatic rings. The minimum Gasteiger partial charge on any atom is -0.434 e. The van der Waals surface area contributed by atoms with Gasteiger partial charge in [0.05, 0.1) is 12.2 Å². The molecule has 1 aliphatic heterocycles. The zero-order valence-electron chi connectivity index (χ0n) is 16.0. The summed E-state index contributed by atoms with van der Waals surface area (Å²) in [5, 5.41) is 7.50. The molecular formula is C17H18FNO10P2. The summed E-state index contributed by atoms with van der Waals surface area (Å²) < 4.78 is 58.6. The summed E-state index contributed by atoms with van der Waals surface area (Å²) in [5.41, 5.74) is -0.200. The van der Waals surface area contributed by atoms with Gasteiger partial charge in [-0.05, 0) is 30.7 Å². The Labute approximate surface area is 175 Å². The lowest BCUT2D eigenvalue weighted by Gasteiger charge is -2.41.